The van der Waals surface area contributed by atoms with Crippen LogP contribution in [0.2, 0.25) is 0 Å². The van der Waals surface area contributed by atoms with Crippen molar-refractivity contribution in [1.29, 1.82) is 0 Å². The smallest absolute Gasteiger partial charge is 0.188 e. The summed E-state index contributed by atoms with van der Waals surface area (Å²) in [7, 11) is 1.61. The summed E-state index contributed by atoms with van der Waals surface area (Å²) in [6.45, 7) is 7.63. The van der Waals surface area contributed by atoms with Crippen molar-refractivity contribution >= 4 is 0 Å². The molecule has 0 atom stereocenters. The van der Waals surface area contributed by atoms with Crippen molar-refractivity contribution in [3.8, 4) is 5.75 Å². The molecular formula is C13H21NO2. The SMILES string of the molecule is COCOc1ccc(CNC(C)(C)C)cc1. The van der Waals surface area contributed by atoms with Crippen molar-refractivity contribution in [3.63, 3.8) is 0 Å². The first-order valence-electron chi connectivity index (χ1n) is 5.47. The van der Waals surface area contributed by atoms with Gasteiger partial charge in [0.2, 0.25) is 0 Å². The first-order valence-corrected chi connectivity index (χ1v) is 5.47. The molecule has 0 amide bonds. The molecule has 0 aliphatic rings. The van der Waals surface area contributed by atoms with Gasteiger partial charge in [-0.15, -0.1) is 0 Å². The topological polar surface area (TPSA) is 30.5 Å². The number of hydrogen-bond donors (Lipinski definition) is 1. The molecule has 0 bridgehead atoms. The summed E-state index contributed by atoms with van der Waals surface area (Å²) >= 11 is 0. The van der Waals surface area contributed by atoms with Gasteiger partial charge in [-0.05, 0) is 38.5 Å². The van der Waals surface area contributed by atoms with Crippen LogP contribution in [0, 0.1) is 0 Å². The van der Waals surface area contributed by atoms with Gasteiger partial charge < -0.3 is 14.8 Å². The van der Waals surface area contributed by atoms with E-state index in [1.54, 1.807) is 7.11 Å². The molecule has 0 unspecified atom stereocenters. The van der Waals surface area contributed by atoms with Crippen LogP contribution >= 0.6 is 0 Å². The molecule has 90 valence electrons. The Balaban J connectivity index is 2.45. The predicted octanol–water partition coefficient (Wildman–Crippen LogP) is 2.56. The van der Waals surface area contributed by atoms with E-state index < -0.39 is 0 Å². The lowest BCUT2D eigenvalue weighted by atomic mass is 10.1. The van der Waals surface area contributed by atoms with Crippen LogP contribution < -0.4 is 10.1 Å². The molecule has 1 rings (SSSR count). The predicted molar refractivity (Wildman–Crippen MR) is 65.5 cm³/mol. The Kier molecular flexibility index (Phi) is 4.77. The van der Waals surface area contributed by atoms with E-state index in [4.69, 9.17) is 9.47 Å². The fraction of sp³-hybridized carbons (Fsp3) is 0.538. The Labute approximate surface area is 97.8 Å². The van der Waals surface area contributed by atoms with Crippen LogP contribution in [0.1, 0.15) is 26.3 Å². The largest absolute Gasteiger partial charge is 0.468 e. The third-order valence-corrected chi connectivity index (χ3v) is 2.09. The molecule has 0 aromatic heterocycles. The van der Waals surface area contributed by atoms with Gasteiger partial charge in [0.25, 0.3) is 0 Å². The maximum absolute atomic E-state index is 5.31. The third kappa shape index (κ3) is 5.14. The first-order chi connectivity index (χ1) is 7.51. The summed E-state index contributed by atoms with van der Waals surface area (Å²) < 4.78 is 10.1. The Morgan fingerprint density at radius 3 is 2.25 bits per heavy atom. The van der Waals surface area contributed by atoms with Crippen molar-refractivity contribution in [1.82, 2.24) is 5.32 Å². The van der Waals surface area contributed by atoms with Crippen LogP contribution in [-0.4, -0.2) is 19.4 Å². The monoisotopic (exact) mass is 223 g/mol. The zero-order valence-corrected chi connectivity index (χ0v) is 10.5. The van der Waals surface area contributed by atoms with Crippen molar-refractivity contribution in [3.05, 3.63) is 29.8 Å². The number of nitrogens with one attached hydrogen (secondary N) is 1. The lowest BCUT2D eigenvalue weighted by molar-refractivity contribution is 0.0511. The van der Waals surface area contributed by atoms with Gasteiger partial charge in [-0.1, -0.05) is 12.1 Å². The van der Waals surface area contributed by atoms with Crippen molar-refractivity contribution in [2.24, 2.45) is 0 Å². The molecule has 0 radical (unpaired) electrons. The van der Waals surface area contributed by atoms with E-state index in [0.717, 1.165) is 12.3 Å². The molecule has 0 saturated heterocycles. The minimum absolute atomic E-state index is 0.144. The normalized spacial score (nSPS) is 11.5. The summed E-state index contributed by atoms with van der Waals surface area (Å²) in [6, 6.07) is 8.03. The molecule has 0 aliphatic heterocycles. The number of methoxy groups -OCH3 is 1. The van der Waals surface area contributed by atoms with E-state index in [9.17, 15) is 0 Å². The van der Waals surface area contributed by atoms with Crippen LogP contribution in [0.25, 0.3) is 0 Å². The molecular weight excluding hydrogens is 202 g/mol. The van der Waals surface area contributed by atoms with Gasteiger partial charge >= 0.3 is 0 Å². The summed E-state index contributed by atoms with van der Waals surface area (Å²) in [5.41, 5.74) is 1.39. The second kappa shape index (κ2) is 5.87. The molecule has 1 aromatic carbocycles. The quantitative estimate of drug-likeness (QED) is 0.778. The fourth-order valence-corrected chi connectivity index (χ4v) is 1.20. The van der Waals surface area contributed by atoms with Crippen LogP contribution in [-0.2, 0) is 11.3 Å². The van der Waals surface area contributed by atoms with Gasteiger partial charge in [-0.2, -0.15) is 0 Å². The van der Waals surface area contributed by atoms with Gasteiger partial charge in [0, 0.05) is 19.2 Å². The number of rotatable bonds is 5. The highest BCUT2D eigenvalue weighted by molar-refractivity contribution is 5.27. The molecule has 0 spiro atoms. The zero-order valence-electron chi connectivity index (χ0n) is 10.5. The second-order valence-electron chi connectivity index (χ2n) is 4.80. The highest BCUT2D eigenvalue weighted by Gasteiger charge is 2.07. The van der Waals surface area contributed by atoms with Crippen molar-refractivity contribution in [2.45, 2.75) is 32.9 Å². The lowest BCUT2D eigenvalue weighted by Crippen LogP contribution is -2.35. The van der Waals surface area contributed by atoms with Gasteiger partial charge in [0.1, 0.15) is 5.75 Å². The molecule has 16 heavy (non-hydrogen) atoms. The van der Waals surface area contributed by atoms with Gasteiger partial charge in [-0.25, -0.2) is 0 Å². The number of hydrogen-bond acceptors (Lipinski definition) is 3. The summed E-state index contributed by atoms with van der Waals surface area (Å²) in [5, 5.41) is 3.44. The molecule has 0 heterocycles. The van der Waals surface area contributed by atoms with Crippen molar-refractivity contribution < 1.29 is 9.47 Å². The fourth-order valence-electron chi connectivity index (χ4n) is 1.20. The minimum atomic E-state index is 0.144. The van der Waals surface area contributed by atoms with E-state index >= 15 is 0 Å². The number of benzene rings is 1. The molecule has 3 heteroatoms. The summed E-state index contributed by atoms with van der Waals surface area (Å²) in [6.07, 6.45) is 0. The second-order valence-corrected chi connectivity index (χ2v) is 4.80. The molecule has 3 nitrogen and oxygen atoms in total. The maximum Gasteiger partial charge on any atom is 0.188 e. The van der Waals surface area contributed by atoms with E-state index in [0.29, 0.717) is 6.79 Å². The van der Waals surface area contributed by atoms with Gasteiger partial charge in [0.05, 0.1) is 0 Å². The molecule has 1 N–H and O–H groups in total. The van der Waals surface area contributed by atoms with E-state index in [-0.39, 0.29) is 5.54 Å². The lowest BCUT2D eigenvalue weighted by Gasteiger charge is -2.20. The third-order valence-electron chi connectivity index (χ3n) is 2.09. The zero-order chi connectivity index (χ0) is 12.0. The maximum atomic E-state index is 5.31. The van der Waals surface area contributed by atoms with Crippen molar-refractivity contribution in [2.75, 3.05) is 13.9 Å². The minimum Gasteiger partial charge on any atom is -0.468 e. The Morgan fingerprint density at radius 1 is 1.12 bits per heavy atom. The molecule has 0 aliphatic carbocycles. The van der Waals surface area contributed by atoms with E-state index in [1.807, 2.05) is 12.1 Å². The average Bonchev–Trinajstić information content (AvgIpc) is 2.24. The molecule has 0 saturated carbocycles. The summed E-state index contributed by atoms with van der Waals surface area (Å²) in [4.78, 5) is 0. The molecule has 0 fully saturated rings. The van der Waals surface area contributed by atoms with Gasteiger partial charge in [-0.3, -0.25) is 0 Å². The first kappa shape index (κ1) is 13.0. The van der Waals surface area contributed by atoms with E-state index in [2.05, 4.69) is 38.2 Å². The average molecular weight is 223 g/mol. The molecule has 1 aromatic rings. The van der Waals surface area contributed by atoms with E-state index in [1.165, 1.54) is 5.56 Å². The Morgan fingerprint density at radius 2 is 1.75 bits per heavy atom. The Hall–Kier alpha value is -1.06. The van der Waals surface area contributed by atoms with Crippen LogP contribution in [0.3, 0.4) is 0 Å². The standard InChI is InChI=1S/C13H21NO2/c1-13(2,3)14-9-11-5-7-12(8-6-11)16-10-15-4/h5-8,14H,9-10H2,1-4H3. The van der Waals surface area contributed by atoms with Gasteiger partial charge in [0.15, 0.2) is 6.79 Å². The van der Waals surface area contributed by atoms with Crippen LogP contribution in [0.15, 0.2) is 24.3 Å². The Bertz CT molecular complexity index is 301. The number of ether oxygens (including phenoxy) is 2. The van der Waals surface area contributed by atoms with Crippen LogP contribution in [0.5, 0.6) is 5.75 Å². The highest BCUT2D eigenvalue weighted by atomic mass is 16.7. The highest BCUT2D eigenvalue weighted by Crippen LogP contribution is 2.12. The summed E-state index contributed by atoms with van der Waals surface area (Å²) in [5.74, 6) is 0.835. The van der Waals surface area contributed by atoms with Crippen LogP contribution in [0.4, 0.5) is 0 Å².